The highest BCUT2D eigenvalue weighted by atomic mass is 79.9. The highest BCUT2D eigenvalue weighted by Gasteiger charge is 2.13. The molecule has 1 saturated heterocycles. The highest BCUT2D eigenvalue weighted by molar-refractivity contribution is 9.10. The maximum atomic E-state index is 5.56. The van der Waals surface area contributed by atoms with Crippen LogP contribution in [-0.2, 0) is 11.3 Å². The van der Waals surface area contributed by atoms with Crippen LogP contribution < -0.4 is 10.1 Å². The van der Waals surface area contributed by atoms with Gasteiger partial charge in [-0.05, 0) is 37.0 Å². The summed E-state index contributed by atoms with van der Waals surface area (Å²) in [5.74, 6) is 3.96. The van der Waals surface area contributed by atoms with Crippen molar-refractivity contribution in [2.24, 2.45) is 5.92 Å². The number of nitrogens with one attached hydrogen (secondary N) is 1. The number of ether oxygens (including phenoxy) is 2. The van der Waals surface area contributed by atoms with E-state index in [0.29, 0.717) is 12.5 Å². The summed E-state index contributed by atoms with van der Waals surface area (Å²) in [4.78, 5) is 0. The van der Waals surface area contributed by atoms with Crippen molar-refractivity contribution in [1.82, 2.24) is 5.32 Å². The second kappa shape index (κ2) is 8.31. The summed E-state index contributed by atoms with van der Waals surface area (Å²) in [5, 5.41) is 3.48. The second-order valence-corrected chi connectivity index (χ2v) is 5.87. The van der Waals surface area contributed by atoms with Crippen LogP contribution in [0.3, 0.4) is 0 Å². The molecule has 0 radical (unpaired) electrons. The van der Waals surface area contributed by atoms with Crippen LogP contribution in [0.25, 0.3) is 0 Å². The van der Waals surface area contributed by atoms with E-state index in [0.717, 1.165) is 42.1 Å². The molecule has 0 aliphatic carbocycles. The van der Waals surface area contributed by atoms with E-state index in [-0.39, 0.29) is 0 Å². The van der Waals surface area contributed by atoms with Gasteiger partial charge in [0.1, 0.15) is 12.4 Å². The van der Waals surface area contributed by atoms with Gasteiger partial charge in [0.25, 0.3) is 0 Å². The van der Waals surface area contributed by atoms with Gasteiger partial charge in [-0.25, -0.2) is 0 Å². The maximum Gasteiger partial charge on any atom is 0.148 e. The van der Waals surface area contributed by atoms with Crippen LogP contribution in [0.1, 0.15) is 18.4 Å². The van der Waals surface area contributed by atoms with Crippen molar-refractivity contribution in [2.45, 2.75) is 19.4 Å². The zero-order valence-corrected chi connectivity index (χ0v) is 13.1. The van der Waals surface area contributed by atoms with Gasteiger partial charge in [0, 0.05) is 29.7 Å². The Kier molecular flexibility index (Phi) is 6.38. The Hall–Kier alpha value is -1.02. The van der Waals surface area contributed by atoms with Gasteiger partial charge in [0.2, 0.25) is 0 Å². The fourth-order valence-corrected chi connectivity index (χ4v) is 2.73. The van der Waals surface area contributed by atoms with Crippen LogP contribution in [-0.4, -0.2) is 26.4 Å². The summed E-state index contributed by atoms with van der Waals surface area (Å²) in [6, 6.07) is 5.97. The van der Waals surface area contributed by atoms with Gasteiger partial charge in [0.05, 0.1) is 6.61 Å². The van der Waals surface area contributed by atoms with Crippen LogP contribution in [0.5, 0.6) is 5.75 Å². The molecule has 1 unspecified atom stereocenters. The number of terminal acetylenes is 1. The van der Waals surface area contributed by atoms with Crippen molar-refractivity contribution in [3.63, 3.8) is 0 Å². The van der Waals surface area contributed by atoms with E-state index >= 15 is 0 Å². The van der Waals surface area contributed by atoms with Gasteiger partial charge in [-0.15, -0.1) is 6.42 Å². The van der Waals surface area contributed by atoms with E-state index in [1.165, 1.54) is 12.8 Å². The maximum absolute atomic E-state index is 5.56. The third-order valence-corrected chi connectivity index (χ3v) is 3.83. The summed E-state index contributed by atoms with van der Waals surface area (Å²) in [6.07, 6.45) is 7.65. The molecule has 0 amide bonds. The molecule has 4 heteroatoms. The van der Waals surface area contributed by atoms with Crippen LogP contribution in [0.4, 0.5) is 0 Å². The SMILES string of the molecule is C#CCOc1ccc(Br)cc1CNCC1CCCOC1. The molecule has 0 spiro atoms. The summed E-state index contributed by atoms with van der Waals surface area (Å²) >= 11 is 3.49. The first-order valence-corrected chi connectivity index (χ1v) is 7.72. The lowest BCUT2D eigenvalue weighted by Crippen LogP contribution is -2.29. The number of benzene rings is 1. The predicted molar refractivity (Wildman–Crippen MR) is 83.7 cm³/mol. The van der Waals surface area contributed by atoms with Crippen molar-refractivity contribution in [3.05, 3.63) is 28.2 Å². The van der Waals surface area contributed by atoms with E-state index in [1.807, 2.05) is 12.1 Å². The average molecular weight is 338 g/mol. The quantitative estimate of drug-likeness (QED) is 0.809. The number of hydrogen-bond acceptors (Lipinski definition) is 3. The first-order valence-electron chi connectivity index (χ1n) is 6.92. The molecule has 1 aromatic rings. The lowest BCUT2D eigenvalue weighted by atomic mass is 10.0. The summed E-state index contributed by atoms with van der Waals surface area (Å²) in [7, 11) is 0. The molecule has 3 nitrogen and oxygen atoms in total. The van der Waals surface area contributed by atoms with Crippen molar-refractivity contribution in [2.75, 3.05) is 26.4 Å². The summed E-state index contributed by atoms with van der Waals surface area (Å²) in [6.45, 7) is 3.82. The van der Waals surface area contributed by atoms with E-state index in [2.05, 4.69) is 33.2 Å². The molecule has 1 aromatic carbocycles. The van der Waals surface area contributed by atoms with Gasteiger partial charge in [-0.1, -0.05) is 21.9 Å². The molecule has 0 saturated carbocycles. The van der Waals surface area contributed by atoms with Crippen molar-refractivity contribution < 1.29 is 9.47 Å². The molecule has 20 heavy (non-hydrogen) atoms. The number of rotatable bonds is 6. The third-order valence-electron chi connectivity index (χ3n) is 3.34. The molecule has 0 bridgehead atoms. The highest BCUT2D eigenvalue weighted by Crippen LogP contribution is 2.23. The Morgan fingerprint density at radius 2 is 2.40 bits per heavy atom. The molecule has 108 valence electrons. The fourth-order valence-electron chi connectivity index (χ4n) is 2.33. The topological polar surface area (TPSA) is 30.5 Å². The van der Waals surface area contributed by atoms with E-state index in [9.17, 15) is 0 Å². The second-order valence-electron chi connectivity index (χ2n) is 4.96. The predicted octanol–water partition coefficient (Wildman–Crippen LogP) is 2.98. The fraction of sp³-hybridized carbons (Fsp3) is 0.500. The average Bonchev–Trinajstić information content (AvgIpc) is 2.47. The Labute approximate surface area is 129 Å². The first-order chi connectivity index (χ1) is 9.79. The number of halogens is 1. The standard InChI is InChI=1S/C16H20BrNO2/c1-2-7-20-16-6-5-15(17)9-14(16)11-18-10-13-4-3-8-19-12-13/h1,5-6,9,13,18H,3-4,7-8,10-12H2. The summed E-state index contributed by atoms with van der Waals surface area (Å²) < 4.78 is 12.1. The Morgan fingerprint density at radius 3 is 3.15 bits per heavy atom. The van der Waals surface area contributed by atoms with Crippen molar-refractivity contribution in [1.29, 1.82) is 0 Å². The Bertz CT molecular complexity index is 464. The molecule has 1 atom stereocenters. The van der Waals surface area contributed by atoms with Gasteiger partial charge < -0.3 is 14.8 Å². The minimum atomic E-state index is 0.297. The van der Waals surface area contributed by atoms with Crippen molar-refractivity contribution in [3.8, 4) is 18.1 Å². The van der Waals surface area contributed by atoms with Crippen LogP contribution in [0.2, 0.25) is 0 Å². The van der Waals surface area contributed by atoms with Gasteiger partial charge >= 0.3 is 0 Å². The molecule has 1 N–H and O–H groups in total. The van der Waals surface area contributed by atoms with E-state index in [1.54, 1.807) is 0 Å². The molecule has 1 heterocycles. The minimum Gasteiger partial charge on any atom is -0.481 e. The lowest BCUT2D eigenvalue weighted by molar-refractivity contribution is 0.0547. The van der Waals surface area contributed by atoms with Gasteiger partial charge in [0.15, 0.2) is 0 Å². The molecule has 0 aromatic heterocycles. The first kappa shape index (κ1) is 15.4. The third kappa shape index (κ3) is 4.82. The zero-order chi connectivity index (χ0) is 14.2. The Morgan fingerprint density at radius 1 is 1.50 bits per heavy atom. The lowest BCUT2D eigenvalue weighted by Gasteiger charge is -2.22. The number of hydrogen-bond donors (Lipinski definition) is 1. The normalized spacial score (nSPS) is 18.5. The van der Waals surface area contributed by atoms with Gasteiger partial charge in [-0.2, -0.15) is 0 Å². The minimum absolute atomic E-state index is 0.297. The molecular formula is C16H20BrNO2. The van der Waals surface area contributed by atoms with E-state index < -0.39 is 0 Å². The molecule has 2 rings (SSSR count). The van der Waals surface area contributed by atoms with Crippen LogP contribution >= 0.6 is 15.9 Å². The van der Waals surface area contributed by atoms with Crippen molar-refractivity contribution >= 4 is 15.9 Å². The molecule has 1 aliphatic heterocycles. The van der Waals surface area contributed by atoms with Gasteiger partial charge in [-0.3, -0.25) is 0 Å². The summed E-state index contributed by atoms with van der Waals surface area (Å²) in [5.41, 5.74) is 1.12. The smallest absolute Gasteiger partial charge is 0.148 e. The molecule has 1 aliphatic rings. The van der Waals surface area contributed by atoms with E-state index in [4.69, 9.17) is 15.9 Å². The van der Waals surface area contributed by atoms with Crippen LogP contribution in [0, 0.1) is 18.3 Å². The Balaban J connectivity index is 1.87. The molecule has 1 fully saturated rings. The zero-order valence-electron chi connectivity index (χ0n) is 11.5. The monoisotopic (exact) mass is 337 g/mol. The molecular weight excluding hydrogens is 318 g/mol. The largest absolute Gasteiger partial charge is 0.481 e. The van der Waals surface area contributed by atoms with Crippen LogP contribution in [0.15, 0.2) is 22.7 Å².